The third-order valence-electron chi connectivity index (χ3n) is 3.39. The van der Waals surface area contributed by atoms with Crippen LogP contribution >= 0.6 is 0 Å². The van der Waals surface area contributed by atoms with Gasteiger partial charge in [0, 0.05) is 19.1 Å². The molecule has 26 heavy (non-hydrogen) atoms. The summed E-state index contributed by atoms with van der Waals surface area (Å²) in [6.45, 7) is 14.9. The van der Waals surface area contributed by atoms with Gasteiger partial charge in [-0.25, -0.2) is 9.59 Å². The summed E-state index contributed by atoms with van der Waals surface area (Å²) >= 11 is 0. The molecule has 1 rings (SSSR count). The van der Waals surface area contributed by atoms with Gasteiger partial charge in [0.25, 0.3) is 0 Å². The zero-order valence-electron chi connectivity index (χ0n) is 17.2. The Labute approximate surface area is 156 Å². The van der Waals surface area contributed by atoms with Crippen LogP contribution in [0.1, 0.15) is 55.4 Å². The first-order chi connectivity index (χ1) is 11.7. The highest BCUT2D eigenvalue weighted by molar-refractivity contribution is 5.87. The predicted molar refractivity (Wildman–Crippen MR) is 97.8 cm³/mol. The summed E-state index contributed by atoms with van der Waals surface area (Å²) < 4.78 is 10.8. The van der Waals surface area contributed by atoms with E-state index >= 15 is 0 Å². The largest absolute Gasteiger partial charge is 0.444 e. The number of carbonyl (C=O) groups excluding carboxylic acids is 3. The van der Waals surface area contributed by atoms with E-state index in [1.54, 1.807) is 41.5 Å². The average Bonchev–Trinajstić information content (AvgIpc) is 2.42. The lowest BCUT2D eigenvalue weighted by atomic mass is 10.1. The van der Waals surface area contributed by atoms with Crippen LogP contribution in [0.25, 0.3) is 0 Å². The molecule has 1 N–H and O–H groups in total. The van der Waals surface area contributed by atoms with Crippen molar-refractivity contribution in [3.05, 3.63) is 0 Å². The molecule has 0 spiro atoms. The molecule has 1 aliphatic heterocycles. The summed E-state index contributed by atoms with van der Waals surface area (Å²) in [7, 11) is 0. The second kappa shape index (κ2) is 8.14. The summed E-state index contributed by atoms with van der Waals surface area (Å²) in [5.74, 6) is -0.320. The van der Waals surface area contributed by atoms with Gasteiger partial charge in [-0.3, -0.25) is 9.69 Å². The fourth-order valence-corrected chi connectivity index (χ4v) is 2.42. The van der Waals surface area contributed by atoms with Crippen LogP contribution in [0.2, 0.25) is 0 Å². The third kappa shape index (κ3) is 7.09. The molecule has 8 heteroatoms. The van der Waals surface area contributed by atoms with E-state index in [0.29, 0.717) is 0 Å². The standard InChI is InChI=1S/C18H33N3O5/c1-12(2)19-14(22)13-11-20(15(23)25-17(3,4)5)9-10-21(13)16(24)26-18(6,7)8/h12-13H,9-11H2,1-8H3,(H,19,22). The van der Waals surface area contributed by atoms with E-state index in [1.165, 1.54) is 9.80 Å². The number of hydrogen-bond acceptors (Lipinski definition) is 5. The smallest absolute Gasteiger partial charge is 0.411 e. The van der Waals surface area contributed by atoms with Crippen molar-refractivity contribution in [3.63, 3.8) is 0 Å². The van der Waals surface area contributed by atoms with Crippen molar-refractivity contribution in [2.45, 2.75) is 78.7 Å². The first-order valence-electron chi connectivity index (χ1n) is 8.97. The van der Waals surface area contributed by atoms with Gasteiger partial charge in [0.2, 0.25) is 5.91 Å². The van der Waals surface area contributed by atoms with Gasteiger partial charge in [-0.15, -0.1) is 0 Å². The SMILES string of the molecule is CC(C)NC(=O)C1CN(C(=O)OC(C)(C)C)CCN1C(=O)OC(C)(C)C. The number of ether oxygens (including phenoxy) is 2. The molecule has 1 unspecified atom stereocenters. The van der Waals surface area contributed by atoms with Crippen molar-refractivity contribution in [1.29, 1.82) is 0 Å². The van der Waals surface area contributed by atoms with Crippen molar-refractivity contribution < 1.29 is 23.9 Å². The zero-order chi connectivity index (χ0) is 20.3. The molecule has 0 bridgehead atoms. The molecule has 0 radical (unpaired) electrons. The van der Waals surface area contributed by atoms with Gasteiger partial charge in [0.1, 0.15) is 17.2 Å². The first-order valence-corrected chi connectivity index (χ1v) is 8.97. The topological polar surface area (TPSA) is 88.2 Å². The van der Waals surface area contributed by atoms with Crippen LogP contribution in [0.4, 0.5) is 9.59 Å². The van der Waals surface area contributed by atoms with Crippen LogP contribution in [0.15, 0.2) is 0 Å². The Morgan fingerprint density at radius 2 is 1.42 bits per heavy atom. The molecule has 0 saturated carbocycles. The molecule has 1 atom stereocenters. The predicted octanol–water partition coefficient (Wildman–Crippen LogP) is 2.37. The number of carbonyl (C=O) groups is 3. The van der Waals surface area contributed by atoms with Gasteiger partial charge < -0.3 is 19.7 Å². The minimum atomic E-state index is -0.825. The zero-order valence-corrected chi connectivity index (χ0v) is 17.2. The quantitative estimate of drug-likeness (QED) is 0.805. The number of nitrogens with one attached hydrogen (secondary N) is 1. The maximum Gasteiger partial charge on any atom is 0.411 e. The van der Waals surface area contributed by atoms with Crippen LogP contribution in [0.3, 0.4) is 0 Å². The fraction of sp³-hybridized carbons (Fsp3) is 0.833. The van der Waals surface area contributed by atoms with Gasteiger partial charge in [0.05, 0.1) is 6.54 Å². The molecule has 0 aromatic rings. The Morgan fingerprint density at radius 3 is 1.88 bits per heavy atom. The highest BCUT2D eigenvalue weighted by Gasteiger charge is 2.40. The van der Waals surface area contributed by atoms with Crippen molar-refractivity contribution in [3.8, 4) is 0 Å². The molecule has 8 nitrogen and oxygen atoms in total. The number of rotatable bonds is 2. The number of amides is 3. The van der Waals surface area contributed by atoms with Gasteiger partial charge in [-0.05, 0) is 55.4 Å². The fourth-order valence-electron chi connectivity index (χ4n) is 2.42. The summed E-state index contributed by atoms with van der Waals surface area (Å²) in [4.78, 5) is 40.3. The van der Waals surface area contributed by atoms with Crippen molar-refractivity contribution in [2.75, 3.05) is 19.6 Å². The molecule has 1 aliphatic rings. The van der Waals surface area contributed by atoms with E-state index in [4.69, 9.17) is 9.47 Å². The van der Waals surface area contributed by atoms with Gasteiger partial charge >= 0.3 is 12.2 Å². The molecular weight excluding hydrogens is 338 g/mol. The molecule has 150 valence electrons. The molecule has 1 fully saturated rings. The lowest BCUT2D eigenvalue weighted by Gasteiger charge is -2.41. The molecule has 0 aromatic heterocycles. The Bertz CT molecular complexity index is 534. The lowest BCUT2D eigenvalue weighted by molar-refractivity contribution is -0.129. The van der Waals surface area contributed by atoms with Crippen LogP contribution in [0.5, 0.6) is 0 Å². The van der Waals surface area contributed by atoms with Crippen LogP contribution < -0.4 is 5.32 Å². The summed E-state index contributed by atoms with van der Waals surface area (Å²) in [6, 6.07) is -0.909. The molecule has 0 aromatic carbocycles. The maximum absolute atomic E-state index is 12.6. The van der Waals surface area contributed by atoms with E-state index in [9.17, 15) is 14.4 Å². The van der Waals surface area contributed by atoms with Crippen molar-refractivity contribution in [2.24, 2.45) is 0 Å². The Balaban J connectivity index is 2.95. The minimum Gasteiger partial charge on any atom is -0.444 e. The second-order valence-corrected chi connectivity index (χ2v) is 8.78. The van der Waals surface area contributed by atoms with Gasteiger partial charge in [0.15, 0.2) is 0 Å². The van der Waals surface area contributed by atoms with Crippen LogP contribution in [-0.4, -0.2) is 70.8 Å². The van der Waals surface area contributed by atoms with E-state index in [1.807, 2.05) is 13.8 Å². The summed E-state index contributed by atoms with van der Waals surface area (Å²) in [6.07, 6.45) is -1.06. The maximum atomic E-state index is 12.6. The van der Waals surface area contributed by atoms with Gasteiger partial charge in [-0.1, -0.05) is 0 Å². The molecule has 0 aliphatic carbocycles. The lowest BCUT2D eigenvalue weighted by Crippen LogP contribution is -2.62. The van der Waals surface area contributed by atoms with E-state index < -0.39 is 29.4 Å². The average molecular weight is 371 g/mol. The molecule has 1 heterocycles. The molecular formula is C18H33N3O5. The Morgan fingerprint density at radius 1 is 0.923 bits per heavy atom. The van der Waals surface area contributed by atoms with Crippen LogP contribution in [-0.2, 0) is 14.3 Å². The van der Waals surface area contributed by atoms with E-state index in [-0.39, 0.29) is 31.6 Å². The monoisotopic (exact) mass is 371 g/mol. The van der Waals surface area contributed by atoms with Crippen LogP contribution in [0, 0.1) is 0 Å². The number of hydrogen-bond donors (Lipinski definition) is 1. The minimum absolute atomic E-state index is 0.0622. The molecule has 1 saturated heterocycles. The number of piperazine rings is 1. The Kier molecular flexibility index (Phi) is 6.90. The first kappa shape index (κ1) is 22.1. The van der Waals surface area contributed by atoms with Crippen molar-refractivity contribution in [1.82, 2.24) is 15.1 Å². The Hall–Kier alpha value is -1.99. The summed E-state index contributed by atoms with van der Waals surface area (Å²) in [5.41, 5.74) is -1.30. The summed E-state index contributed by atoms with van der Waals surface area (Å²) in [5, 5.41) is 2.80. The van der Waals surface area contributed by atoms with Gasteiger partial charge in [-0.2, -0.15) is 0 Å². The normalized spacial score (nSPS) is 18.6. The van der Waals surface area contributed by atoms with E-state index in [2.05, 4.69) is 5.32 Å². The third-order valence-corrected chi connectivity index (χ3v) is 3.39. The molecule has 3 amide bonds. The highest BCUT2D eigenvalue weighted by Crippen LogP contribution is 2.18. The van der Waals surface area contributed by atoms with E-state index in [0.717, 1.165) is 0 Å². The number of nitrogens with zero attached hydrogens (tertiary/aromatic N) is 2. The second-order valence-electron chi connectivity index (χ2n) is 8.78. The van der Waals surface area contributed by atoms with Crippen molar-refractivity contribution >= 4 is 18.1 Å². The highest BCUT2D eigenvalue weighted by atomic mass is 16.6.